The van der Waals surface area contributed by atoms with Gasteiger partial charge in [0.25, 0.3) is 0 Å². The summed E-state index contributed by atoms with van der Waals surface area (Å²) in [6.07, 6.45) is 1.83. The van der Waals surface area contributed by atoms with Gasteiger partial charge in [0.15, 0.2) is 0 Å². The zero-order chi connectivity index (χ0) is 15.2. The van der Waals surface area contributed by atoms with Crippen LogP contribution in [-0.4, -0.2) is 17.6 Å². The summed E-state index contributed by atoms with van der Waals surface area (Å²) in [5.74, 6) is -0.737. The third kappa shape index (κ3) is 6.60. The van der Waals surface area contributed by atoms with Gasteiger partial charge in [0, 0.05) is 23.0 Å². The van der Waals surface area contributed by atoms with Crippen molar-refractivity contribution in [3.8, 4) is 0 Å². The summed E-state index contributed by atoms with van der Waals surface area (Å²) < 4.78 is 0. The highest BCUT2D eigenvalue weighted by atomic mass is 35.5. The Morgan fingerprint density at radius 2 is 2.00 bits per heavy atom. The van der Waals surface area contributed by atoms with Crippen LogP contribution in [0.5, 0.6) is 0 Å². The normalized spacial score (nSPS) is 11.6. The molecule has 1 rings (SSSR count). The second-order valence-corrected chi connectivity index (χ2v) is 6.56. The number of rotatable bonds is 8. The number of halogens is 2. The lowest BCUT2D eigenvalue weighted by atomic mass is 9.84. The predicted octanol–water partition coefficient (Wildman–Crippen LogP) is 4.36. The molecular formula is C15H21Cl2NO2. The van der Waals surface area contributed by atoms with Crippen LogP contribution >= 0.6 is 23.2 Å². The van der Waals surface area contributed by atoms with Crippen LogP contribution in [0.15, 0.2) is 18.2 Å². The molecule has 1 aromatic carbocycles. The van der Waals surface area contributed by atoms with Crippen LogP contribution < -0.4 is 5.32 Å². The first-order valence-electron chi connectivity index (χ1n) is 6.67. The Balaban J connectivity index is 2.32. The van der Waals surface area contributed by atoms with E-state index >= 15 is 0 Å². The van der Waals surface area contributed by atoms with E-state index in [-0.39, 0.29) is 11.8 Å². The number of hydrogen-bond acceptors (Lipinski definition) is 2. The molecule has 2 N–H and O–H groups in total. The number of carboxylic acids is 1. The summed E-state index contributed by atoms with van der Waals surface area (Å²) in [5, 5.41) is 13.3. The lowest BCUT2D eigenvalue weighted by Gasteiger charge is -2.24. The van der Waals surface area contributed by atoms with E-state index in [2.05, 4.69) is 19.2 Å². The van der Waals surface area contributed by atoms with Crippen LogP contribution in [0.2, 0.25) is 10.0 Å². The van der Waals surface area contributed by atoms with Gasteiger partial charge in [-0.25, -0.2) is 0 Å². The van der Waals surface area contributed by atoms with Crippen LogP contribution in [-0.2, 0) is 11.3 Å². The Labute approximate surface area is 130 Å². The maximum absolute atomic E-state index is 10.6. The van der Waals surface area contributed by atoms with E-state index in [9.17, 15) is 4.79 Å². The number of aliphatic carboxylic acids is 1. The maximum atomic E-state index is 10.6. The quantitative estimate of drug-likeness (QED) is 0.700. The van der Waals surface area contributed by atoms with E-state index in [4.69, 9.17) is 28.3 Å². The van der Waals surface area contributed by atoms with Gasteiger partial charge in [-0.2, -0.15) is 0 Å². The van der Waals surface area contributed by atoms with E-state index in [1.165, 1.54) is 0 Å². The Bertz CT molecular complexity index is 461. The summed E-state index contributed by atoms with van der Waals surface area (Å²) in [4.78, 5) is 10.6. The number of carboxylic acid groups (broad SMARTS) is 1. The minimum absolute atomic E-state index is 0.0230. The average Bonchev–Trinajstić information content (AvgIpc) is 2.34. The second-order valence-electron chi connectivity index (χ2n) is 5.72. The molecule has 0 fully saturated rings. The summed E-state index contributed by atoms with van der Waals surface area (Å²) in [7, 11) is 0. The van der Waals surface area contributed by atoms with Gasteiger partial charge in [-0.05, 0) is 42.5 Å². The fourth-order valence-corrected chi connectivity index (χ4v) is 2.36. The summed E-state index contributed by atoms with van der Waals surface area (Å²) >= 11 is 11.9. The number of carbonyl (C=O) groups is 1. The van der Waals surface area contributed by atoms with Crippen molar-refractivity contribution in [2.75, 3.05) is 6.54 Å². The Kier molecular flexibility index (Phi) is 6.80. The second kappa shape index (κ2) is 7.87. The largest absolute Gasteiger partial charge is 0.481 e. The molecule has 20 heavy (non-hydrogen) atoms. The minimum atomic E-state index is -0.737. The average molecular weight is 318 g/mol. The predicted molar refractivity (Wildman–Crippen MR) is 83.4 cm³/mol. The molecule has 1 aromatic rings. The van der Waals surface area contributed by atoms with Gasteiger partial charge in [-0.1, -0.05) is 43.1 Å². The molecule has 0 radical (unpaired) electrons. The van der Waals surface area contributed by atoms with Gasteiger partial charge in [-0.15, -0.1) is 0 Å². The van der Waals surface area contributed by atoms with Crippen molar-refractivity contribution in [2.45, 2.75) is 39.7 Å². The van der Waals surface area contributed by atoms with Crippen LogP contribution in [0.4, 0.5) is 0 Å². The molecule has 0 unspecified atom stereocenters. The molecule has 0 atom stereocenters. The Morgan fingerprint density at radius 3 is 2.60 bits per heavy atom. The van der Waals surface area contributed by atoms with Gasteiger partial charge < -0.3 is 10.4 Å². The van der Waals surface area contributed by atoms with Crippen LogP contribution in [0.3, 0.4) is 0 Å². The summed E-state index contributed by atoms with van der Waals surface area (Å²) in [6.45, 7) is 5.69. The van der Waals surface area contributed by atoms with Crippen molar-refractivity contribution < 1.29 is 9.90 Å². The molecule has 3 nitrogen and oxygen atoms in total. The van der Waals surface area contributed by atoms with Crippen molar-refractivity contribution in [1.29, 1.82) is 0 Å². The van der Waals surface area contributed by atoms with Crippen LogP contribution in [0, 0.1) is 5.41 Å². The highest BCUT2D eigenvalue weighted by Gasteiger charge is 2.18. The van der Waals surface area contributed by atoms with Crippen molar-refractivity contribution >= 4 is 29.2 Å². The van der Waals surface area contributed by atoms with Crippen molar-refractivity contribution in [1.82, 2.24) is 5.32 Å². The van der Waals surface area contributed by atoms with E-state index in [0.717, 1.165) is 18.5 Å². The van der Waals surface area contributed by atoms with Gasteiger partial charge in [-0.3, -0.25) is 4.79 Å². The monoisotopic (exact) mass is 317 g/mol. The Hall–Kier alpha value is -0.770. The van der Waals surface area contributed by atoms with Gasteiger partial charge in [0.05, 0.1) is 0 Å². The summed E-state index contributed by atoms with van der Waals surface area (Å²) in [5.41, 5.74) is 1.04. The molecule has 0 spiro atoms. The highest BCUT2D eigenvalue weighted by Crippen LogP contribution is 2.26. The first-order chi connectivity index (χ1) is 9.30. The molecule has 0 heterocycles. The highest BCUT2D eigenvalue weighted by molar-refractivity contribution is 6.35. The van der Waals surface area contributed by atoms with E-state index in [1.807, 2.05) is 12.1 Å². The zero-order valence-corrected chi connectivity index (χ0v) is 13.4. The van der Waals surface area contributed by atoms with Crippen molar-refractivity contribution in [3.05, 3.63) is 33.8 Å². The van der Waals surface area contributed by atoms with Gasteiger partial charge in [0.1, 0.15) is 0 Å². The van der Waals surface area contributed by atoms with Crippen LogP contribution in [0.25, 0.3) is 0 Å². The smallest absolute Gasteiger partial charge is 0.303 e. The first-order valence-corrected chi connectivity index (χ1v) is 7.42. The lowest BCUT2D eigenvalue weighted by Crippen LogP contribution is -2.23. The van der Waals surface area contributed by atoms with Crippen molar-refractivity contribution in [3.63, 3.8) is 0 Å². The molecule has 0 aliphatic heterocycles. The number of nitrogens with one attached hydrogen (secondary N) is 1. The lowest BCUT2D eigenvalue weighted by molar-refractivity contribution is -0.137. The molecule has 5 heteroatoms. The molecule has 0 aromatic heterocycles. The topological polar surface area (TPSA) is 49.3 Å². The molecule has 0 saturated carbocycles. The molecule has 0 bridgehead atoms. The fraction of sp³-hybridized carbons (Fsp3) is 0.533. The van der Waals surface area contributed by atoms with E-state index in [0.29, 0.717) is 23.0 Å². The third-order valence-electron chi connectivity index (χ3n) is 3.32. The van der Waals surface area contributed by atoms with E-state index < -0.39 is 5.97 Å². The molecule has 0 saturated heterocycles. The minimum Gasteiger partial charge on any atom is -0.481 e. The zero-order valence-electron chi connectivity index (χ0n) is 11.9. The van der Waals surface area contributed by atoms with Crippen molar-refractivity contribution in [2.24, 2.45) is 5.41 Å². The fourth-order valence-electron chi connectivity index (χ4n) is 1.89. The SMILES string of the molecule is CC(C)(CCNCc1ccc(Cl)cc1Cl)CCC(=O)O. The van der Waals surface area contributed by atoms with Gasteiger partial charge in [0.2, 0.25) is 0 Å². The molecule has 0 aliphatic rings. The molecule has 112 valence electrons. The third-order valence-corrected chi connectivity index (χ3v) is 3.91. The molecular weight excluding hydrogens is 297 g/mol. The Morgan fingerprint density at radius 1 is 1.30 bits per heavy atom. The molecule has 0 aliphatic carbocycles. The first kappa shape index (κ1) is 17.3. The van der Waals surface area contributed by atoms with Gasteiger partial charge >= 0.3 is 5.97 Å². The van der Waals surface area contributed by atoms with Crippen LogP contribution in [0.1, 0.15) is 38.7 Å². The van der Waals surface area contributed by atoms with E-state index in [1.54, 1.807) is 6.07 Å². The maximum Gasteiger partial charge on any atom is 0.303 e. The number of hydrogen-bond donors (Lipinski definition) is 2. The molecule has 0 amide bonds. The number of benzene rings is 1. The standard InChI is InChI=1S/C15H21Cl2NO2/c1-15(2,6-5-14(19)20)7-8-18-10-11-3-4-12(16)9-13(11)17/h3-4,9,18H,5-8,10H2,1-2H3,(H,19,20). The summed E-state index contributed by atoms with van der Waals surface area (Å²) in [6, 6.07) is 5.46.